The third-order valence-corrected chi connectivity index (χ3v) is 8.68. The van der Waals surface area contributed by atoms with E-state index >= 15 is 0 Å². The van der Waals surface area contributed by atoms with Crippen LogP contribution in [0, 0.1) is 17.8 Å². The summed E-state index contributed by atoms with van der Waals surface area (Å²) in [4.78, 5) is 0. The highest BCUT2D eigenvalue weighted by Gasteiger charge is 2.39. The molecule has 0 radical (unpaired) electrons. The zero-order valence-corrected chi connectivity index (χ0v) is 18.7. The molecule has 1 fully saturated rings. The Labute approximate surface area is 167 Å². The van der Waals surface area contributed by atoms with Gasteiger partial charge in [-0.3, -0.25) is 4.57 Å². The van der Waals surface area contributed by atoms with E-state index in [9.17, 15) is 4.57 Å². The molecule has 0 bridgehead atoms. The van der Waals surface area contributed by atoms with Gasteiger partial charge < -0.3 is 4.52 Å². The van der Waals surface area contributed by atoms with E-state index in [4.69, 9.17) is 4.52 Å². The number of unbranched alkanes of at least 4 members (excludes halogenated alkanes) is 3. The molecular formula is C24H39O2P. The van der Waals surface area contributed by atoms with Crippen LogP contribution in [0.1, 0.15) is 79.1 Å². The van der Waals surface area contributed by atoms with Gasteiger partial charge in [-0.25, -0.2) is 0 Å². The van der Waals surface area contributed by atoms with Gasteiger partial charge in [0.15, 0.2) is 0 Å². The van der Waals surface area contributed by atoms with E-state index in [0.29, 0.717) is 17.8 Å². The summed E-state index contributed by atoms with van der Waals surface area (Å²) in [6.45, 7) is 13.3. The maximum absolute atomic E-state index is 14.2. The highest BCUT2D eigenvalue weighted by Crippen LogP contribution is 2.58. The first-order valence-corrected chi connectivity index (χ1v) is 12.5. The van der Waals surface area contributed by atoms with Crippen LogP contribution < -0.4 is 5.30 Å². The van der Waals surface area contributed by atoms with Crippen LogP contribution in [0.5, 0.6) is 0 Å². The lowest BCUT2D eigenvalue weighted by Gasteiger charge is -2.39. The Morgan fingerprint density at radius 1 is 1.19 bits per heavy atom. The van der Waals surface area contributed by atoms with Crippen LogP contribution in [-0.4, -0.2) is 6.10 Å². The summed E-state index contributed by atoms with van der Waals surface area (Å²) in [5.74, 6) is 1.66. The zero-order chi connectivity index (χ0) is 19.9. The molecule has 0 spiro atoms. The standard InChI is InChI=1S/C24H39O2P/c1-6-7-8-10-13-21(5)27(25,22-14-11-9-12-15-22)26-24-18-20(4)16-17-23(24)19(2)3/h9,11-12,14-15,19-20,23-24H,5-8,10,13,16-18H2,1-4H3/t20-,23+,24-,27-/m1/s1. The molecule has 0 aliphatic heterocycles. The van der Waals surface area contributed by atoms with Gasteiger partial charge in [-0.05, 0) is 55.6 Å². The molecule has 3 heteroatoms. The molecule has 0 saturated heterocycles. The minimum atomic E-state index is -3.08. The van der Waals surface area contributed by atoms with Gasteiger partial charge in [-0.1, -0.05) is 78.2 Å². The molecule has 4 atom stereocenters. The van der Waals surface area contributed by atoms with Crippen molar-refractivity contribution in [2.75, 3.05) is 0 Å². The lowest BCUT2D eigenvalue weighted by atomic mass is 9.75. The first-order chi connectivity index (χ1) is 12.9. The second-order valence-electron chi connectivity index (χ2n) is 8.73. The maximum Gasteiger partial charge on any atom is 0.257 e. The Morgan fingerprint density at radius 3 is 2.52 bits per heavy atom. The Bertz CT molecular complexity index is 623. The number of hydrogen-bond acceptors (Lipinski definition) is 2. The molecule has 152 valence electrons. The number of benzene rings is 1. The van der Waals surface area contributed by atoms with Crippen LogP contribution in [-0.2, 0) is 9.09 Å². The molecule has 1 aromatic carbocycles. The number of allylic oxidation sites excluding steroid dienone is 1. The van der Waals surface area contributed by atoms with Crippen molar-refractivity contribution < 1.29 is 9.09 Å². The van der Waals surface area contributed by atoms with Gasteiger partial charge in [0.25, 0.3) is 7.37 Å². The summed E-state index contributed by atoms with van der Waals surface area (Å²) in [7, 11) is -3.08. The summed E-state index contributed by atoms with van der Waals surface area (Å²) >= 11 is 0. The molecule has 0 amide bonds. The first-order valence-electron chi connectivity index (χ1n) is 10.9. The minimum absolute atomic E-state index is 0.0622. The molecule has 0 heterocycles. The zero-order valence-electron chi connectivity index (χ0n) is 17.8. The molecule has 0 N–H and O–H groups in total. The van der Waals surface area contributed by atoms with Crippen molar-refractivity contribution in [2.24, 2.45) is 17.8 Å². The molecule has 1 saturated carbocycles. The van der Waals surface area contributed by atoms with Crippen molar-refractivity contribution in [2.45, 2.75) is 85.2 Å². The van der Waals surface area contributed by atoms with Crippen LogP contribution in [0.4, 0.5) is 0 Å². The fraction of sp³-hybridized carbons (Fsp3) is 0.667. The molecule has 0 unspecified atom stereocenters. The number of rotatable bonds is 10. The summed E-state index contributed by atoms with van der Waals surface area (Å²) in [6.07, 6.45) is 8.91. The SMILES string of the molecule is C=C(CCCCCC)[P@@](=O)(O[C@@H]1C[C@H](C)CC[C@H]1C(C)C)c1ccccc1. The first kappa shape index (κ1) is 22.4. The van der Waals surface area contributed by atoms with E-state index in [2.05, 4.69) is 34.3 Å². The summed E-state index contributed by atoms with van der Waals surface area (Å²) in [5, 5.41) is 1.61. The molecule has 1 aliphatic rings. The average Bonchev–Trinajstić information content (AvgIpc) is 2.65. The topological polar surface area (TPSA) is 26.3 Å². The van der Waals surface area contributed by atoms with Crippen molar-refractivity contribution >= 4 is 12.7 Å². The van der Waals surface area contributed by atoms with Gasteiger partial charge in [-0.2, -0.15) is 0 Å². The molecule has 27 heavy (non-hydrogen) atoms. The molecule has 2 nitrogen and oxygen atoms in total. The van der Waals surface area contributed by atoms with Crippen molar-refractivity contribution in [1.82, 2.24) is 0 Å². The lowest BCUT2D eigenvalue weighted by Crippen LogP contribution is -2.34. The maximum atomic E-state index is 14.2. The Balaban J connectivity index is 2.24. The Kier molecular flexibility index (Phi) is 8.83. The molecule has 0 aromatic heterocycles. The van der Waals surface area contributed by atoms with Crippen molar-refractivity contribution in [3.05, 3.63) is 42.2 Å². The summed E-state index contributed by atoms with van der Waals surface area (Å²) in [5.41, 5.74) is 0. The van der Waals surface area contributed by atoms with Gasteiger partial charge in [0.05, 0.1) is 6.10 Å². The monoisotopic (exact) mass is 390 g/mol. The molecule has 2 rings (SSSR count). The third-order valence-electron chi connectivity index (χ3n) is 6.08. The molecule has 1 aliphatic carbocycles. The van der Waals surface area contributed by atoms with E-state index < -0.39 is 7.37 Å². The van der Waals surface area contributed by atoms with Crippen molar-refractivity contribution in [3.63, 3.8) is 0 Å². The third kappa shape index (κ3) is 6.06. The highest BCUT2D eigenvalue weighted by molar-refractivity contribution is 7.71. The van der Waals surface area contributed by atoms with Gasteiger partial charge in [0, 0.05) is 10.6 Å². The fourth-order valence-electron chi connectivity index (χ4n) is 4.27. The van der Waals surface area contributed by atoms with Crippen molar-refractivity contribution in [3.8, 4) is 0 Å². The Hall–Kier alpha value is -0.850. The second kappa shape index (κ2) is 10.6. The fourth-order valence-corrected chi connectivity index (χ4v) is 6.55. The van der Waals surface area contributed by atoms with E-state index in [0.717, 1.165) is 29.9 Å². The van der Waals surface area contributed by atoms with Crippen LogP contribution in [0.25, 0.3) is 0 Å². The largest absolute Gasteiger partial charge is 0.319 e. The Morgan fingerprint density at radius 2 is 1.89 bits per heavy atom. The van der Waals surface area contributed by atoms with Gasteiger partial charge in [-0.15, -0.1) is 0 Å². The van der Waals surface area contributed by atoms with Crippen LogP contribution >= 0.6 is 7.37 Å². The van der Waals surface area contributed by atoms with E-state index in [1.807, 2.05) is 30.3 Å². The van der Waals surface area contributed by atoms with Crippen LogP contribution in [0.2, 0.25) is 0 Å². The quantitative estimate of drug-likeness (QED) is 0.304. The van der Waals surface area contributed by atoms with Crippen LogP contribution in [0.3, 0.4) is 0 Å². The number of hydrogen-bond donors (Lipinski definition) is 0. The summed E-state index contributed by atoms with van der Waals surface area (Å²) in [6, 6.07) is 9.79. The highest BCUT2D eigenvalue weighted by atomic mass is 31.2. The van der Waals surface area contributed by atoms with Crippen molar-refractivity contribution in [1.29, 1.82) is 0 Å². The van der Waals surface area contributed by atoms with E-state index in [1.54, 1.807) is 0 Å². The van der Waals surface area contributed by atoms with Gasteiger partial charge >= 0.3 is 0 Å². The smallest absolute Gasteiger partial charge is 0.257 e. The predicted octanol–water partition coefficient (Wildman–Crippen LogP) is 7.55. The van der Waals surface area contributed by atoms with Gasteiger partial charge in [0.2, 0.25) is 0 Å². The van der Waals surface area contributed by atoms with E-state index in [-0.39, 0.29) is 6.10 Å². The summed E-state index contributed by atoms with van der Waals surface area (Å²) < 4.78 is 20.8. The molecular weight excluding hydrogens is 351 g/mol. The molecule has 1 aromatic rings. The predicted molar refractivity (Wildman–Crippen MR) is 118 cm³/mol. The van der Waals surface area contributed by atoms with Crippen LogP contribution in [0.15, 0.2) is 42.2 Å². The minimum Gasteiger partial charge on any atom is -0.319 e. The normalized spacial score (nSPS) is 25.3. The lowest BCUT2D eigenvalue weighted by molar-refractivity contribution is 0.0507. The average molecular weight is 391 g/mol. The van der Waals surface area contributed by atoms with E-state index in [1.165, 1.54) is 32.1 Å². The van der Waals surface area contributed by atoms with Gasteiger partial charge in [0.1, 0.15) is 0 Å². The second-order valence-corrected chi connectivity index (χ2v) is 11.2.